The molecule has 0 spiro atoms. The first-order valence-corrected chi connectivity index (χ1v) is 6.89. The van der Waals surface area contributed by atoms with E-state index in [4.69, 9.17) is 5.26 Å². The van der Waals surface area contributed by atoms with Crippen molar-refractivity contribution in [3.05, 3.63) is 0 Å². The van der Waals surface area contributed by atoms with Crippen LogP contribution in [0.1, 0.15) is 19.3 Å². The quantitative estimate of drug-likeness (QED) is 0.721. The highest BCUT2D eigenvalue weighted by molar-refractivity contribution is 7.88. The van der Waals surface area contributed by atoms with Crippen LogP contribution in [0.3, 0.4) is 0 Å². The Kier molecular flexibility index (Phi) is 4.26. The smallest absolute Gasteiger partial charge is 0.234 e. The number of nitrogens with zero attached hydrogens (tertiary/aromatic N) is 2. The average molecular weight is 245 g/mol. The maximum atomic E-state index is 11.2. The molecule has 0 aromatic carbocycles. The van der Waals surface area contributed by atoms with Crippen LogP contribution in [0.15, 0.2) is 0 Å². The second-order valence-corrected chi connectivity index (χ2v) is 5.82. The second-order valence-electron chi connectivity index (χ2n) is 3.84. The summed E-state index contributed by atoms with van der Waals surface area (Å²) in [6.45, 7) is 0.854. The molecule has 0 aliphatic carbocycles. The minimum absolute atomic E-state index is 0.0150. The Morgan fingerprint density at radius 3 is 2.50 bits per heavy atom. The van der Waals surface area contributed by atoms with Gasteiger partial charge in [0.2, 0.25) is 15.9 Å². The van der Waals surface area contributed by atoms with Crippen molar-refractivity contribution in [3.8, 4) is 6.07 Å². The van der Waals surface area contributed by atoms with Gasteiger partial charge in [-0.1, -0.05) is 0 Å². The number of nitrogens with one attached hydrogen (secondary N) is 1. The van der Waals surface area contributed by atoms with Crippen molar-refractivity contribution >= 4 is 15.9 Å². The zero-order valence-corrected chi connectivity index (χ0v) is 9.96. The predicted octanol–water partition coefficient (Wildman–Crippen LogP) is -0.560. The molecule has 6 nitrogen and oxygen atoms in total. The third-order valence-corrected chi connectivity index (χ3v) is 3.83. The Balaban J connectivity index is 2.39. The SMILES string of the molecule is CS(=O)(=O)N1CCC(NC(=O)CC#N)CC1. The first-order chi connectivity index (χ1) is 7.43. The molecular weight excluding hydrogens is 230 g/mol. The highest BCUT2D eigenvalue weighted by Gasteiger charge is 2.25. The molecule has 0 radical (unpaired) electrons. The fourth-order valence-electron chi connectivity index (χ4n) is 1.68. The van der Waals surface area contributed by atoms with E-state index in [1.54, 1.807) is 6.07 Å². The fourth-order valence-corrected chi connectivity index (χ4v) is 2.56. The summed E-state index contributed by atoms with van der Waals surface area (Å²) in [6, 6.07) is 1.76. The summed E-state index contributed by atoms with van der Waals surface area (Å²) < 4.78 is 23.8. The molecule has 90 valence electrons. The van der Waals surface area contributed by atoms with Crippen LogP contribution in [0.5, 0.6) is 0 Å². The fraction of sp³-hybridized carbons (Fsp3) is 0.778. The molecule has 0 aromatic rings. The molecule has 1 heterocycles. The van der Waals surface area contributed by atoms with E-state index in [0.29, 0.717) is 25.9 Å². The number of carbonyl (C=O) groups excluding carboxylic acids is 1. The van der Waals surface area contributed by atoms with Crippen molar-refractivity contribution in [2.45, 2.75) is 25.3 Å². The number of sulfonamides is 1. The van der Waals surface area contributed by atoms with E-state index in [0.717, 1.165) is 0 Å². The van der Waals surface area contributed by atoms with Gasteiger partial charge >= 0.3 is 0 Å². The third-order valence-electron chi connectivity index (χ3n) is 2.53. The van der Waals surface area contributed by atoms with Crippen LogP contribution in [0.4, 0.5) is 0 Å². The zero-order valence-electron chi connectivity index (χ0n) is 9.14. The first-order valence-electron chi connectivity index (χ1n) is 5.05. The van der Waals surface area contributed by atoms with Gasteiger partial charge in [0.1, 0.15) is 6.42 Å². The number of piperidine rings is 1. The van der Waals surface area contributed by atoms with Crippen molar-refractivity contribution in [3.63, 3.8) is 0 Å². The molecule has 1 rings (SSSR count). The van der Waals surface area contributed by atoms with Crippen LogP contribution < -0.4 is 5.32 Å². The molecule has 1 amide bonds. The minimum atomic E-state index is -3.12. The van der Waals surface area contributed by atoms with E-state index in [1.807, 2.05) is 0 Å². The van der Waals surface area contributed by atoms with E-state index in [2.05, 4.69) is 5.32 Å². The summed E-state index contributed by atoms with van der Waals surface area (Å²) in [6.07, 6.45) is 2.24. The maximum absolute atomic E-state index is 11.2. The Morgan fingerprint density at radius 2 is 2.06 bits per heavy atom. The lowest BCUT2D eigenvalue weighted by atomic mass is 10.1. The van der Waals surface area contributed by atoms with Gasteiger partial charge in [0.25, 0.3) is 0 Å². The second kappa shape index (κ2) is 5.27. The molecule has 0 aromatic heterocycles. The van der Waals surface area contributed by atoms with Crippen LogP contribution in [-0.4, -0.2) is 44.0 Å². The predicted molar refractivity (Wildman–Crippen MR) is 57.8 cm³/mol. The van der Waals surface area contributed by atoms with Crippen LogP contribution in [0, 0.1) is 11.3 Å². The Labute approximate surface area is 95.3 Å². The van der Waals surface area contributed by atoms with Gasteiger partial charge in [0.15, 0.2) is 0 Å². The number of rotatable bonds is 3. The summed E-state index contributed by atoms with van der Waals surface area (Å²) in [7, 11) is -3.12. The molecule has 0 unspecified atom stereocenters. The van der Waals surface area contributed by atoms with Gasteiger partial charge in [-0.2, -0.15) is 5.26 Å². The van der Waals surface area contributed by atoms with Crippen molar-refractivity contribution in [2.24, 2.45) is 0 Å². The largest absolute Gasteiger partial charge is 0.352 e. The summed E-state index contributed by atoms with van der Waals surface area (Å²) in [5, 5.41) is 11.0. The van der Waals surface area contributed by atoms with Crippen LogP contribution in [0.2, 0.25) is 0 Å². The molecule has 16 heavy (non-hydrogen) atoms. The topological polar surface area (TPSA) is 90.3 Å². The molecule has 0 saturated carbocycles. The highest BCUT2D eigenvalue weighted by atomic mass is 32.2. The summed E-state index contributed by atoms with van der Waals surface area (Å²) in [5.74, 6) is -0.291. The van der Waals surface area contributed by atoms with E-state index in [1.165, 1.54) is 10.6 Å². The van der Waals surface area contributed by atoms with Crippen molar-refractivity contribution in [1.82, 2.24) is 9.62 Å². The van der Waals surface area contributed by atoms with E-state index >= 15 is 0 Å². The van der Waals surface area contributed by atoms with Gasteiger partial charge in [0.05, 0.1) is 12.3 Å². The number of hydrogen-bond acceptors (Lipinski definition) is 4. The number of carbonyl (C=O) groups is 1. The summed E-state index contributed by atoms with van der Waals surface area (Å²) >= 11 is 0. The van der Waals surface area contributed by atoms with E-state index in [9.17, 15) is 13.2 Å². The molecule has 7 heteroatoms. The molecule has 1 fully saturated rings. The lowest BCUT2D eigenvalue weighted by Gasteiger charge is -2.30. The van der Waals surface area contributed by atoms with Gasteiger partial charge in [-0.25, -0.2) is 12.7 Å². The highest BCUT2D eigenvalue weighted by Crippen LogP contribution is 2.13. The minimum Gasteiger partial charge on any atom is -0.352 e. The Morgan fingerprint density at radius 1 is 1.50 bits per heavy atom. The molecule has 1 saturated heterocycles. The molecular formula is C9H15N3O3S. The lowest BCUT2D eigenvalue weighted by molar-refractivity contribution is -0.121. The third kappa shape index (κ3) is 3.79. The Bertz CT molecular complexity index is 391. The molecule has 1 N–H and O–H groups in total. The normalized spacial score (nSPS) is 19.0. The number of amides is 1. The van der Waals surface area contributed by atoms with Gasteiger partial charge in [-0.3, -0.25) is 4.79 Å². The molecule has 1 aliphatic rings. The van der Waals surface area contributed by atoms with Gasteiger partial charge in [-0.15, -0.1) is 0 Å². The zero-order chi connectivity index (χ0) is 12.2. The molecule has 0 atom stereocenters. The number of hydrogen-bond donors (Lipinski definition) is 1. The van der Waals surface area contributed by atoms with Gasteiger partial charge in [0, 0.05) is 19.1 Å². The van der Waals surface area contributed by atoms with Crippen molar-refractivity contribution < 1.29 is 13.2 Å². The Hall–Kier alpha value is -1.13. The lowest BCUT2D eigenvalue weighted by Crippen LogP contribution is -2.46. The monoisotopic (exact) mass is 245 g/mol. The van der Waals surface area contributed by atoms with E-state index in [-0.39, 0.29) is 18.4 Å². The molecule has 0 bridgehead atoms. The standard InChI is InChI=1S/C9H15N3O3S/c1-16(14,15)12-6-3-8(4-7-12)11-9(13)2-5-10/h8H,2-4,6-7H2,1H3,(H,11,13). The van der Waals surface area contributed by atoms with Crippen LogP contribution in [-0.2, 0) is 14.8 Å². The summed E-state index contributed by atoms with van der Waals surface area (Å²) in [5.41, 5.74) is 0. The summed E-state index contributed by atoms with van der Waals surface area (Å²) in [4.78, 5) is 11.1. The van der Waals surface area contributed by atoms with Gasteiger partial charge < -0.3 is 5.32 Å². The van der Waals surface area contributed by atoms with Crippen LogP contribution >= 0.6 is 0 Å². The van der Waals surface area contributed by atoms with Crippen molar-refractivity contribution in [2.75, 3.05) is 19.3 Å². The number of nitriles is 1. The maximum Gasteiger partial charge on any atom is 0.234 e. The molecule has 1 aliphatic heterocycles. The average Bonchev–Trinajstić information content (AvgIpc) is 2.17. The van der Waals surface area contributed by atoms with Crippen LogP contribution in [0.25, 0.3) is 0 Å². The van der Waals surface area contributed by atoms with Crippen molar-refractivity contribution in [1.29, 1.82) is 5.26 Å². The van der Waals surface area contributed by atoms with E-state index < -0.39 is 10.0 Å². The first kappa shape index (κ1) is 12.9. The van der Waals surface area contributed by atoms with Gasteiger partial charge in [-0.05, 0) is 12.8 Å².